The van der Waals surface area contributed by atoms with Crippen LogP contribution in [0.25, 0.3) is 0 Å². The van der Waals surface area contributed by atoms with E-state index in [9.17, 15) is 9.59 Å². The van der Waals surface area contributed by atoms with E-state index in [2.05, 4.69) is 5.32 Å². The number of carbonyl (C=O) groups is 2. The van der Waals surface area contributed by atoms with Crippen LogP contribution < -0.4 is 10.2 Å². The summed E-state index contributed by atoms with van der Waals surface area (Å²) in [6.45, 7) is 6.30. The molecule has 0 aliphatic rings. The van der Waals surface area contributed by atoms with E-state index in [0.717, 1.165) is 16.8 Å². The van der Waals surface area contributed by atoms with Crippen LogP contribution in [0.3, 0.4) is 0 Å². The van der Waals surface area contributed by atoms with Crippen LogP contribution in [-0.2, 0) is 14.3 Å². The van der Waals surface area contributed by atoms with E-state index in [1.807, 2.05) is 32.0 Å². The topological polar surface area (TPSA) is 58.6 Å². The summed E-state index contributed by atoms with van der Waals surface area (Å²) in [5.74, 6) is -0.348. The van der Waals surface area contributed by atoms with Crippen LogP contribution in [0.2, 0.25) is 0 Å². The van der Waals surface area contributed by atoms with Gasteiger partial charge in [-0.05, 0) is 31.0 Å². The Balaban J connectivity index is 2.82. The first kappa shape index (κ1) is 16.2. The first-order valence-electron chi connectivity index (χ1n) is 6.57. The van der Waals surface area contributed by atoms with E-state index >= 15 is 0 Å². The summed E-state index contributed by atoms with van der Waals surface area (Å²) in [6, 6.07) is 5.72. The van der Waals surface area contributed by atoms with Gasteiger partial charge in [0, 0.05) is 26.3 Å². The molecule has 0 aliphatic carbocycles. The van der Waals surface area contributed by atoms with Gasteiger partial charge in [0.2, 0.25) is 11.8 Å². The van der Waals surface area contributed by atoms with Gasteiger partial charge in [-0.25, -0.2) is 0 Å². The average Bonchev–Trinajstić information content (AvgIpc) is 2.40. The number of carbonyl (C=O) groups excluding carboxylic acids is 2. The quantitative estimate of drug-likeness (QED) is 0.801. The van der Waals surface area contributed by atoms with E-state index in [1.165, 1.54) is 11.8 Å². The summed E-state index contributed by atoms with van der Waals surface area (Å²) in [6.07, 6.45) is 0. The van der Waals surface area contributed by atoms with Crippen molar-refractivity contribution in [2.45, 2.75) is 20.8 Å². The first-order valence-corrected chi connectivity index (χ1v) is 6.57. The van der Waals surface area contributed by atoms with Crippen molar-refractivity contribution in [2.75, 3.05) is 31.7 Å². The maximum atomic E-state index is 11.8. The average molecular weight is 278 g/mol. The molecule has 1 N–H and O–H groups in total. The number of hydrogen-bond donors (Lipinski definition) is 1. The van der Waals surface area contributed by atoms with Gasteiger partial charge in [0.05, 0.1) is 6.61 Å². The maximum Gasteiger partial charge on any atom is 0.240 e. The van der Waals surface area contributed by atoms with Gasteiger partial charge in [-0.3, -0.25) is 9.59 Å². The van der Waals surface area contributed by atoms with Crippen molar-refractivity contribution in [2.24, 2.45) is 0 Å². The standard InChI is InChI=1S/C15H22N2O3/c1-11-6-5-7-14(12(11)2)17(13(3)18)10-15(19)16-8-9-20-4/h5-7H,8-10H2,1-4H3,(H,16,19). The number of methoxy groups -OCH3 is 1. The van der Waals surface area contributed by atoms with Crippen molar-refractivity contribution in [1.82, 2.24) is 5.32 Å². The summed E-state index contributed by atoms with van der Waals surface area (Å²) < 4.78 is 4.87. The first-order chi connectivity index (χ1) is 9.47. The third-order valence-corrected chi connectivity index (χ3v) is 3.18. The normalized spacial score (nSPS) is 10.2. The summed E-state index contributed by atoms with van der Waals surface area (Å²) in [7, 11) is 1.57. The molecule has 0 aromatic heterocycles. The highest BCUT2D eigenvalue weighted by molar-refractivity contribution is 5.98. The molecule has 0 fully saturated rings. The number of hydrogen-bond acceptors (Lipinski definition) is 3. The second kappa shape index (κ2) is 7.65. The Kier molecular flexibility index (Phi) is 6.18. The lowest BCUT2D eigenvalue weighted by molar-refractivity contribution is -0.123. The predicted molar refractivity (Wildman–Crippen MR) is 78.8 cm³/mol. The van der Waals surface area contributed by atoms with Crippen LogP contribution in [-0.4, -0.2) is 38.6 Å². The van der Waals surface area contributed by atoms with Crippen molar-refractivity contribution in [1.29, 1.82) is 0 Å². The molecule has 20 heavy (non-hydrogen) atoms. The molecule has 0 spiro atoms. The van der Waals surface area contributed by atoms with Crippen molar-refractivity contribution in [3.05, 3.63) is 29.3 Å². The second-order valence-electron chi connectivity index (χ2n) is 4.67. The zero-order valence-electron chi connectivity index (χ0n) is 12.5. The van der Waals surface area contributed by atoms with Gasteiger partial charge in [0.15, 0.2) is 0 Å². The predicted octanol–water partition coefficient (Wildman–Crippen LogP) is 1.42. The van der Waals surface area contributed by atoms with E-state index < -0.39 is 0 Å². The van der Waals surface area contributed by atoms with Crippen molar-refractivity contribution in [3.63, 3.8) is 0 Å². The van der Waals surface area contributed by atoms with Crippen LogP contribution in [0, 0.1) is 13.8 Å². The molecule has 0 unspecified atom stereocenters. The van der Waals surface area contributed by atoms with Gasteiger partial charge >= 0.3 is 0 Å². The number of aryl methyl sites for hydroxylation is 1. The Morgan fingerprint density at radius 2 is 2.00 bits per heavy atom. The molecule has 0 heterocycles. The molecule has 1 aromatic rings. The van der Waals surface area contributed by atoms with E-state index in [4.69, 9.17) is 4.74 Å². The van der Waals surface area contributed by atoms with Crippen LogP contribution in [0.1, 0.15) is 18.1 Å². The lowest BCUT2D eigenvalue weighted by Gasteiger charge is -2.23. The molecular formula is C15H22N2O3. The summed E-state index contributed by atoms with van der Waals surface area (Å²) >= 11 is 0. The van der Waals surface area contributed by atoms with Gasteiger partial charge in [0.25, 0.3) is 0 Å². The SMILES string of the molecule is COCCNC(=O)CN(C(C)=O)c1cccc(C)c1C. The summed E-state index contributed by atoms with van der Waals surface area (Å²) in [5.41, 5.74) is 2.88. The Labute approximate surface area is 119 Å². The number of anilines is 1. The minimum absolute atomic E-state index is 0.0172. The number of rotatable bonds is 6. The smallest absolute Gasteiger partial charge is 0.240 e. The zero-order valence-corrected chi connectivity index (χ0v) is 12.5. The Morgan fingerprint density at radius 3 is 2.60 bits per heavy atom. The van der Waals surface area contributed by atoms with Gasteiger partial charge in [0.1, 0.15) is 6.54 Å². The van der Waals surface area contributed by atoms with Crippen LogP contribution in [0.5, 0.6) is 0 Å². The fourth-order valence-electron chi connectivity index (χ4n) is 1.89. The Morgan fingerprint density at radius 1 is 1.30 bits per heavy atom. The molecule has 0 saturated carbocycles. The number of benzene rings is 1. The Bertz CT molecular complexity index is 486. The van der Waals surface area contributed by atoms with Crippen molar-refractivity contribution in [3.8, 4) is 0 Å². The van der Waals surface area contributed by atoms with Crippen LogP contribution >= 0.6 is 0 Å². The monoisotopic (exact) mass is 278 g/mol. The largest absolute Gasteiger partial charge is 0.383 e. The molecule has 110 valence electrons. The molecule has 1 aromatic carbocycles. The number of nitrogens with zero attached hydrogens (tertiary/aromatic N) is 1. The maximum absolute atomic E-state index is 11.8. The molecule has 5 nitrogen and oxygen atoms in total. The van der Waals surface area contributed by atoms with Crippen LogP contribution in [0.15, 0.2) is 18.2 Å². The molecule has 0 saturated heterocycles. The molecule has 2 amide bonds. The molecule has 0 bridgehead atoms. The van der Waals surface area contributed by atoms with Crippen molar-refractivity contribution >= 4 is 17.5 Å². The zero-order chi connectivity index (χ0) is 15.1. The van der Waals surface area contributed by atoms with Gasteiger partial charge in [-0.1, -0.05) is 12.1 Å². The highest BCUT2D eigenvalue weighted by Gasteiger charge is 2.17. The number of ether oxygens (including phenoxy) is 1. The molecular weight excluding hydrogens is 256 g/mol. The lowest BCUT2D eigenvalue weighted by Crippen LogP contribution is -2.41. The minimum Gasteiger partial charge on any atom is -0.383 e. The number of nitrogens with one attached hydrogen (secondary N) is 1. The third kappa shape index (κ3) is 4.35. The summed E-state index contributed by atoms with van der Waals surface area (Å²) in [5, 5.41) is 2.71. The number of amides is 2. The fraction of sp³-hybridized carbons (Fsp3) is 0.467. The molecule has 0 atom stereocenters. The lowest BCUT2D eigenvalue weighted by atomic mass is 10.1. The van der Waals surface area contributed by atoms with Gasteiger partial charge < -0.3 is 15.0 Å². The van der Waals surface area contributed by atoms with E-state index in [0.29, 0.717) is 13.2 Å². The molecule has 0 aliphatic heterocycles. The highest BCUT2D eigenvalue weighted by Crippen LogP contribution is 2.22. The molecule has 5 heteroatoms. The van der Waals surface area contributed by atoms with E-state index in [1.54, 1.807) is 7.11 Å². The summed E-state index contributed by atoms with van der Waals surface area (Å²) in [4.78, 5) is 25.1. The minimum atomic E-state index is -0.196. The third-order valence-electron chi connectivity index (χ3n) is 3.18. The molecule has 0 radical (unpaired) electrons. The Hall–Kier alpha value is -1.88. The molecule has 1 rings (SSSR count). The van der Waals surface area contributed by atoms with Crippen LogP contribution in [0.4, 0.5) is 5.69 Å². The van der Waals surface area contributed by atoms with E-state index in [-0.39, 0.29) is 18.4 Å². The van der Waals surface area contributed by atoms with Crippen molar-refractivity contribution < 1.29 is 14.3 Å². The second-order valence-corrected chi connectivity index (χ2v) is 4.67. The van der Waals surface area contributed by atoms with Gasteiger partial charge in [-0.2, -0.15) is 0 Å². The highest BCUT2D eigenvalue weighted by atomic mass is 16.5. The van der Waals surface area contributed by atoms with Gasteiger partial charge in [-0.15, -0.1) is 0 Å². The fourth-order valence-corrected chi connectivity index (χ4v) is 1.89.